The SMILES string of the molecule is O=CNCCN1CCCC(F)C1. The van der Waals surface area contributed by atoms with Crippen LogP contribution in [0.15, 0.2) is 0 Å². The predicted octanol–water partition coefficient (Wildman–Crippen LogP) is 0.166. The second-order valence-corrected chi connectivity index (χ2v) is 3.11. The molecule has 1 aliphatic rings. The molecule has 0 aromatic rings. The Morgan fingerprint density at radius 3 is 3.17 bits per heavy atom. The van der Waals surface area contributed by atoms with Crippen molar-refractivity contribution in [2.75, 3.05) is 26.2 Å². The summed E-state index contributed by atoms with van der Waals surface area (Å²) in [5.74, 6) is 0. The van der Waals surface area contributed by atoms with Crippen molar-refractivity contribution in [3.63, 3.8) is 0 Å². The smallest absolute Gasteiger partial charge is 0.207 e. The Hall–Kier alpha value is -0.640. The van der Waals surface area contributed by atoms with E-state index >= 15 is 0 Å². The summed E-state index contributed by atoms with van der Waals surface area (Å²) in [6, 6.07) is 0. The van der Waals surface area contributed by atoms with Crippen molar-refractivity contribution in [1.29, 1.82) is 0 Å². The zero-order valence-corrected chi connectivity index (χ0v) is 7.13. The van der Waals surface area contributed by atoms with E-state index in [9.17, 15) is 9.18 Å². The van der Waals surface area contributed by atoms with Crippen LogP contribution in [0.2, 0.25) is 0 Å². The Balaban J connectivity index is 2.09. The zero-order valence-electron chi connectivity index (χ0n) is 7.13. The lowest BCUT2D eigenvalue weighted by atomic mass is 10.1. The minimum absolute atomic E-state index is 0.528. The Bertz CT molecular complexity index is 143. The molecule has 1 fully saturated rings. The van der Waals surface area contributed by atoms with Crippen molar-refractivity contribution in [3.8, 4) is 0 Å². The molecule has 0 aliphatic carbocycles. The van der Waals surface area contributed by atoms with Gasteiger partial charge in [0.1, 0.15) is 6.17 Å². The number of likely N-dealkylation sites (tertiary alicyclic amines) is 1. The standard InChI is InChI=1S/C8H15FN2O/c9-8-2-1-4-11(6-8)5-3-10-7-12/h7-8H,1-6H2,(H,10,12). The lowest BCUT2D eigenvalue weighted by Gasteiger charge is -2.28. The highest BCUT2D eigenvalue weighted by Gasteiger charge is 2.17. The van der Waals surface area contributed by atoms with Gasteiger partial charge < -0.3 is 5.32 Å². The van der Waals surface area contributed by atoms with Gasteiger partial charge in [0.25, 0.3) is 0 Å². The number of piperidine rings is 1. The van der Waals surface area contributed by atoms with Gasteiger partial charge in [0.2, 0.25) is 6.41 Å². The first-order chi connectivity index (χ1) is 5.83. The Labute approximate surface area is 71.9 Å². The number of nitrogens with zero attached hydrogens (tertiary/aromatic N) is 1. The molecule has 0 aromatic carbocycles. The molecule has 1 rings (SSSR count). The lowest BCUT2D eigenvalue weighted by molar-refractivity contribution is -0.109. The average Bonchev–Trinajstić information content (AvgIpc) is 2.05. The first-order valence-electron chi connectivity index (χ1n) is 4.36. The minimum atomic E-state index is -0.671. The van der Waals surface area contributed by atoms with Gasteiger partial charge in [0.15, 0.2) is 0 Å². The first-order valence-corrected chi connectivity index (χ1v) is 4.36. The van der Waals surface area contributed by atoms with Gasteiger partial charge in [-0.25, -0.2) is 4.39 Å². The lowest BCUT2D eigenvalue weighted by Crippen LogP contribution is -2.40. The third kappa shape index (κ3) is 3.17. The average molecular weight is 174 g/mol. The van der Waals surface area contributed by atoms with Crippen LogP contribution in [-0.2, 0) is 4.79 Å². The van der Waals surface area contributed by atoms with Crippen molar-refractivity contribution in [2.45, 2.75) is 19.0 Å². The maximum atomic E-state index is 12.8. The van der Waals surface area contributed by atoms with E-state index in [0.717, 1.165) is 19.5 Å². The van der Waals surface area contributed by atoms with Gasteiger partial charge in [-0.05, 0) is 19.4 Å². The molecule has 70 valence electrons. The number of carbonyl (C=O) groups excluding carboxylic acids is 1. The van der Waals surface area contributed by atoms with E-state index in [0.29, 0.717) is 25.9 Å². The fourth-order valence-electron chi connectivity index (χ4n) is 1.48. The first kappa shape index (κ1) is 9.45. The highest BCUT2D eigenvalue weighted by atomic mass is 19.1. The Morgan fingerprint density at radius 2 is 2.50 bits per heavy atom. The molecule has 0 bridgehead atoms. The fraction of sp³-hybridized carbons (Fsp3) is 0.875. The summed E-state index contributed by atoms with van der Waals surface area (Å²) in [7, 11) is 0. The van der Waals surface area contributed by atoms with Crippen LogP contribution in [0.25, 0.3) is 0 Å². The third-order valence-corrected chi connectivity index (χ3v) is 2.10. The van der Waals surface area contributed by atoms with Crippen LogP contribution >= 0.6 is 0 Å². The second kappa shape index (κ2) is 5.09. The maximum Gasteiger partial charge on any atom is 0.207 e. The van der Waals surface area contributed by atoms with Gasteiger partial charge >= 0.3 is 0 Å². The number of amides is 1. The van der Waals surface area contributed by atoms with Crippen LogP contribution < -0.4 is 5.32 Å². The quantitative estimate of drug-likeness (QED) is 0.486. The summed E-state index contributed by atoms with van der Waals surface area (Å²) in [5, 5.41) is 2.57. The van der Waals surface area contributed by atoms with Crippen molar-refractivity contribution in [3.05, 3.63) is 0 Å². The van der Waals surface area contributed by atoms with E-state index in [2.05, 4.69) is 5.32 Å². The summed E-state index contributed by atoms with van der Waals surface area (Å²) in [6.07, 6.45) is 1.63. The molecule has 1 heterocycles. The van der Waals surface area contributed by atoms with Crippen LogP contribution in [-0.4, -0.2) is 43.7 Å². The van der Waals surface area contributed by atoms with Crippen molar-refractivity contribution >= 4 is 6.41 Å². The third-order valence-electron chi connectivity index (χ3n) is 2.10. The number of rotatable bonds is 4. The second-order valence-electron chi connectivity index (χ2n) is 3.11. The Morgan fingerprint density at radius 1 is 1.67 bits per heavy atom. The van der Waals surface area contributed by atoms with Crippen molar-refractivity contribution < 1.29 is 9.18 Å². The van der Waals surface area contributed by atoms with Gasteiger partial charge in [-0.3, -0.25) is 9.69 Å². The topological polar surface area (TPSA) is 32.3 Å². The molecule has 1 amide bonds. The number of nitrogens with one attached hydrogen (secondary N) is 1. The van der Waals surface area contributed by atoms with Gasteiger partial charge in [-0.1, -0.05) is 0 Å². The highest BCUT2D eigenvalue weighted by molar-refractivity contribution is 5.45. The van der Waals surface area contributed by atoms with Crippen LogP contribution in [0.4, 0.5) is 4.39 Å². The van der Waals surface area contributed by atoms with Crippen molar-refractivity contribution in [1.82, 2.24) is 10.2 Å². The number of carbonyl (C=O) groups is 1. The molecule has 1 saturated heterocycles. The predicted molar refractivity (Wildman–Crippen MR) is 44.6 cm³/mol. The van der Waals surface area contributed by atoms with E-state index < -0.39 is 6.17 Å². The summed E-state index contributed by atoms with van der Waals surface area (Å²) < 4.78 is 12.8. The summed E-state index contributed by atoms with van der Waals surface area (Å²) in [5.41, 5.74) is 0. The molecule has 3 nitrogen and oxygen atoms in total. The molecular formula is C8H15FN2O. The molecule has 1 N–H and O–H groups in total. The van der Waals surface area contributed by atoms with E-state index in [1.54, 1.807) is 0 Å². The largest absolute Gasteiger partial charge is 0.357 e. The molecule has 0 saturated carbocycles. The van der Waals surface area contributed by atoms with Gasteiger partial charge in [-0.15, -0.1) is 0 Å². The molecule has 0 aromatic heterocycles. The van der Waals surface area contributed by atoms with E-state index in [1.165, 1.54) is 0 Å². The molecule has 0 radical (unpaired) electrons. The number of hydrogen-bond acceptors (Lipinski definition) is 2. The number of halogens is 1. The van der Waals surface area contributed by atoms with E-state index in [-0.39, 0.29) is 0 Å². The van der Waals surface area contributed by atoms with Crippen LogP contribution in [0.1, 0.15) is 12.8 Å². The summed E-state index contributed by atoms with van der Waals surface area (Å²) in [4.78, 5) is 12.0. The molecule has 1 aliphatic heterocycles. The molecule has 1 unspecified atom stereocenters. The maximum absolute atomic E-state index is 12.8. The van der Waals surface area contributed by atoms with Crippen molar-refractivity contribution in [2.24, 2.45) is 0 Å². The highest BCUT2D eigenvalue weighted by Crippen LogP contribution is 2.11. The van der Waals surface area contributed by atoms with E-state index in [1.807, 2.05) is 4.90 Å². The molecular weight excluding hydrogens is 159 g/mol. The summed E-state index contributed by atoms with van der Waals surface area (Å²) >= 11 is 0. The van der Waals surface area contributed by atoms with Crippen LogP contribution in [0, 0.1) is 0 Å². The van der Waals surface area contributed by atoms with Crippen LogP contribution in [0.3, 0.4) is 0 Å². The van der Waals surface area contributed by atoms with Crippen LogP contribution in [0.5, 0.6) is 0 Å². The summed E-state index contributed by atoms with van der Waals surface area (Å²) in [6.45, 7) is 2.87. The zero-order chi connectivity index (χ0) is 8.81. The molecule has 4 heteroatoms. The molecule has 12 heavy (non-hydrogen) atoms. The van der Waals surface area contributed by atoms with Gasteiger partial charge in [0.05, 0.1) is 0 Å². The number of alkyl halides is 1. The molecule has 0 spiro atoms. The monoisotopic (exact) mass is 174 g/mol. The Kier molecular flexibility index (Phi) is 4.00. The van der Waals surface area contributed by atoms with E-state index in [4.69, 9.17) is 0 Å². The minimum Gasteiger partial charge on any atom is -0.357 e. The fourth-order valence-corrected chi connectivity index (χ4v) is 1.48. The van der Waals surface area contributed by atoms with Gasteiger partial charge in [-0.2, -0.15) is 0 Å². The van der Waals surface area contributed by atoms with Gasteiger partial charge in [0, 0.05) is 19.6 Å². The normalized spacial score (nSPS) is 25.2. The number of hydrogen-bond donors (Lipinski definition) is 1. The molecule has 1 atom stereocenters.